The normalized spacial score (nSPS) is 17.6. The monoisotopic (exact) mass is 322 g/mol. The van der Waals surface area contributed by atoms with Crippen LogP contribution >= 0.6 is 0 Å². The van der Waals surface area contributed by atoms with Crippen LogP contribution in [0.5, 0.6) is 0 Å². The molecule has 6 heteroatoms. The summed E-state index contributed by atoms with van der Waals surface area (Å²) in [5.74, 6) is 1.02. The lowest BCUT2D eigenvalue weighted by Gasteiger charge is -2.33. The lowest BCUT2D eigenvalue weighted by atomic mass is 9.81. The van der Waals surface area contributed by atoms with E-state index >= 15 is 0 Å². The minimum absolute atomic E-state index is 0.164. The Morgan fingerprint density at radius 1 is 1.26 bits per heavy atom. The molecule has 0 aromatic carbocycles. The summed E-state index contributed by atoms with van der Waals surface area (Å²) < 4.78 is 5.34. The highest BCUT2D eigenvalue weighted by Gasteiger charge is 2.29. The van der Waals surface area contributed by atoms with Gasteiger partial charge in [0.05, 0.1) is 19.3 Å². The van der Waals surface area contributed by atoms with Gasteiger partial charge >= 0.3 is 0 Å². The highest BCUT2D eigenvalue weighted by molar-refractivity contribution is 5.30. The Morgan fingerprint density at radius 3 is 2.43 bits per heavy atom. The Hall–Kier alpha value is -1.24. The molecule has 0 aliphatic carbocycles. The van der Waals surface area contributed by atoms with Crippen LogP contribution < -0.4 is 10.2 Å². The van der Waals surface area contributed by atoms with Crippen LogP contribution in [0.25, 0.3) is 0 Å². The number of hydrogen-bond acceptors (Lipinski definition) is 6. The molecule has 1 aliphatic heterocycles. The summed E-state index contributed by atoms with van der Waals surface area (Å²) in [7, 11) is 0. The van der Waals surface area contributed by atoms with Gasteiger partial charge in [0.15, 0.2) is 0 Å². The summed E-state index contributed by atoms with van der Waals surface area (Å²) in [4.78, 5) is 11.0. The molecule has 1 fully saturated rings. The van der Waals surface area contributed by atoms with Gasteiger partial charge in [-0.15, -0.1) is 0 Å². The number of aromatic nitrogens is 2. The molecule has 6 nitrogen and oxygen atoms in total. The molecule has 1 unspecified atom stereocenters. The molecule has 1 aliphatic rings. The Labute approximate surface area is 139 Å². The summed E-state index contributed by atoms with van der Waals surface area (Å²) >= 11 is 0. The fourth-order valence-corrected chi connectivity index (χ4v) is 2.90. The van der Waals surface area contributed by atoms with Gasteiger partial charge in [-0.05, 0) is 5.92 Å². The van der Waals surface area contributed by atoms with E-state index < -0.39 is 0 Å². The van der Waals surface area contributed by atoms with Crippen LogP contribution in [0.1, 0.15) is 33.3 Å². The summed E-state index contributed by atoms with van der Waals surface area (Å²) in [5.41, 5.74) is 0.889. The second kappa shape index (κ2) is 8.04. The second-order valence-corrected chi connectivity index (χ2v) is 7.27. The van der Waals surface area contributed by atoms with Crippen molar-refractivity contribution in [3.63, 3.8) is 0 Å². The van der Waals surface area contributed by atoms with Crippen molar-refractivity contribution in [2.75, 3.05) is 37.7 Å². The lowest BCUT2D eigenvalue weighted by Crippen LogP contribution is -2.41. The first-order chi connectivity index (χ1) is 10.9. The van der Waals surface area contributed by atoms with Crippen LogP contribution in [-0.2, 0) is 11.3 Å². The summed E-state index contributed by atoms with van der Waals surface area (Å²) in [6.45, 7) is 12.9. The third kappa shape index (κ3) is 5.12. The van der Waals surface area contributed by atoms with Crippen LogP contribution in [0.2, 0.25) is 0 Å². The van der Waals surface area contributed by atoms with E-state index in [0.29, 0.717) is 6.54 Å². The van der Waals surface area contributed by atoms with E-state index in [9.17, 15) is 5.11 Å². The molecule has 0 radical (unpaired) electrons. The number of aliphatic hydroxyl groups excluding tert-OH is 1. The van der Waals surface area contributed by atoms with Crippen molar-refractivity contribution in [3.8, 4) is 0 Å². The third-order valence-corrected chi connectivity index (χ3v) is 4.33. The van der Waals surface area contributed by atoms with E-state index in [-0.39, 0.29) is 17.4 Å². The minimum atomic E-state index is -0.324. The lowest BCUT2D eigenvalue weighted by molar-refractivity contribution is 0.0134. The average molecular weight is 322 g/mol. The molecule has 1 aromatic rings. The number of ether oxygens (including phenoxy) is 1. The smallest absolute Gasteiger partial charge is 0.225 e. The zero-order valence-corrected chi connectivity index (χ0v) is 14.7. The molecular formula is C17H30N4O2. The second-order valence-electron chi connectivity index (χ2n) is 7.27. The van der Waals surface area contributed by atoms with E-state index in [1.807, 2.05) is 26.2 Å². The summed E-state index contributed by atoms with van der Waals surface area (Å²) in [6.07, 6.45) is 3.42. The first-order valence-electron chi connectivity index (χ1n) is 8.42. The Bertz CT molecular complexity index is 470. The van der Waals surface area contributed by atoms with Crippen LogP contribution in [0.15, 0.2) is 12.4 Å². The number of nitrogens with one attached hydrogen (secondary N) is 1. The number of anilines is 1. The summed E-state index contributed by atoms with van der Waals surface area (Å²) in [6, 6.07) is 0. The topological polar surface area (TPSA) is 70.5 Å². The molecule has 2 rings (SSSR count). The number of morpholine rings is 1. The standard InChI is InChI=1S/C17H30N4O2/c1-13(2)15(22)17(3,4)12-18-9-14-10-19-16(20-11-14)21-5-7-23-8-6-21/h10-11,13,15,18,22H,5-9,12H2,1-4H3. The van der Waals surface area contributed by atoms with E-state index in [4.69, 9.17) is 4.74 Å². The molecule has 2 heterocycles. The average Bonchev–Trinajstić information content (AvgIpc) is 2.55. The predicted molar refractivity (Wildman–Crippen MR) is 91.4 cm³/mol. The van der Waals surface area contributed by atoms with Gasteiger partial charge in [-0.3, -0.25) is 0 Å². The van der Waals surface area contributed by atoms with Gasteiger partial charge in [0.1, 0.15) is 0 Å². The van der Waals surface area contributed by atoms with Crippen LogP contribution in [-0.4, -0.2) is 54.0 Å². The highest BCUT2D eigenvalue weighted by Crippen LogP contribution is 2.25. The molecule has 130 valence electrons. The van der Waals surface area contributed by atoms with Gasteiger partial charge in [0.25, 0.3) is 0 Å². The Morgan fingerprint density at radius 2 is 1.87 bits per heavy atom. The number of hydrogen-bond donors (Lipinski definition) is 2. The van der Waals surface area contributed by atoms with Crippen molar-refractivity contribution in [2.24, 2.45) is 11.3 Å². The van der Waals surface area contributed by atoms with Gasteiger partial charge in [0.2, 0.25) is 5.95 Å². The molecule has 0 saturated carbocycles. The van der Waals surface area contributed by atoms with Gasteiger partial charge in [-0.2, -0.15) is 0 Å². The zero-order chi connectivity index (χ0) is 16.9. The van der Waals surface area contributed by atoms with Crippen molar-refractivity contribution < 1.29 is 9.84 Å². The number of nitrogens with zero attached hydrogens (tertiary/aromatic N) is 3. The van der Waals surface area contributed by atoms with E-state index in [0.717, 1.165) is 44.4 Å². The van der Waals surface area contributed by atoms with Crippen LogP contribution in [0, 0.1) is 11.3 Å². The summed E-state index contributed by atoms with van der Waals surface area (Å²) in [5, 5.41) is 13.7. The van der Waals surface area contributed by atoms with Crippen LogP contribution in [0.4, 0.5) is 5.95 Å². The van der Waals surface area contributed by atoms with Crippen molar-refractivity contribution in [2.45, 2.75) is 40.3 Å². The molecule has 0 amide bonds. The molecule has 1 saturated heterocycles. The number of aliphatic hydroxyl groups is 1. The molecule has 0 bridgehead atoms. The molecular weight excluding hydrogens is 292 g/mol. The van der Waals surface area contributed by atoms with Crippen molar-refractivity contribution in [1.29, 1.82) is 0 Å². The third-order valence-electron chi connectivity index (χ3n) is 4.33. The molecule has 1 atom stereocenters. The Balaban J connectivity index is 1.82. The molecule has 1 aromatic heterocycles. The minimum Gasteiger partial charge on any atom is -0.392 e. The zero-order valence-electron chi connectivity index (χ0n) is 14.7. The first-order valence-corrected chi connectivity index (χ1v) is 8.42. The van der Waals surface area contributed by atoms with E-state index in [1.165, 1.54) is 0 Å². The SMILES string of the molecule is CC(C)C(O)C(C)(C)CNCc1cnc(N2CCOCC2)nc1. The fourth-order valence-electron chi connectivity index (χ4n) is 2.90. The van der Waals surface area contributed by atoms with Gasteiger partial charge in [0, 0.05) is 49.6 Å². The van der Waals surface area contributed by atoms with Crippen molar-refractivity contribution in [3.05, 3.63) is 18.0 Å². The van der Waals surface area contributed by atoms with Crippen molar-refractivity contribution in [1.82, 2.24) is 15.3 Å². The number of rotatable bonds is 7. The highest BCUT2D eigenvalue weighted by atomic mass is 16.5. The maximum absolute atomic E-state index is 10.3. The van der Waals surface area contributed by atoms with Gasteiger partial charge < -0.3 is 20.1 Å². The maximum atomic E-state index is 10.3. The fraction of sp³-hybridized carbons (Fsp3) is 0.765. The van der Waals surface area contributed by atoms with Gasteiger partial charge in [-0.25, -0.2) is 9.97 Å². The van der Waals surface area contributed by atoms with Crippen LogP contribution in [0.3, 0.4) is 0 Å². The Kier molecular flexibility index (Phi) is 6.33. The predicted octanol–water partition coefficient (Wildman–Crippen LogP) is 1.45. The molecule has 2 N–H and O–H groups in total. The quantitative estimate of drug-likeness (QED) is 0.792. The largest absolute Gasteiger partial charge is 0.392 e. The van der Waals surface area contributed by atoms with E-state index in [1.54, 1.807) is 0 Å². The molecule has 23 heavy (non-hydrogen) atoms. The van der Waals surface area contributed by atoms with Gasteiger partial charge in [-0.1, -0.05) is 27.7 Å². The van der Waals surface area contributed by atoms with E-state index in [2.05, 4.69) is 34.0 Å². The van der Waals surface area contributed by atoms with Crippen molar-refractivity contribution >= 4 is 5.95 Å². The molecule has 0 spiro atoms. The first kappa shape index (κ1) is 18.1. The maximum Gasteiger partial charge on any atom is 0.225 e.